The highest BCUT2D eigenvalue weighted by molar-refractivity contribution is 5.82. The number of carbonyl (C=O) groups is 1. The van der Waals surface area contributed by atoms with Crippen LogP contribution in [0.1, 0.15) is 26.7 Å². The molecule has 0 saturated heterocycles. The average molecular weight is 392 g/mol. The Bertz CT molecular complexity index is 608. The topological polar surface area (TPSA) is 63.2 Å². The maximum Gasteiger partial charge on any atom is 0.330 e. The number of carbonyl (C=O) groups excluding carboxylic acids is 1. The van der Waals surface area contributed by atoms with Crippen molar-refractivity contribution < 1.29 is 28.5 Å². The molecule has 0 spiro atoms. The lowest BCUT2D eigenvalue weighted by Crippen LogP contribution is -2.22. The fraction of sp³-hybridized carbons (Fsp3) is 0.500. The molecule has 0 aliphatic heterocycles. The van der Waals surface area contributed by atoms with Gasteiger partial charge in [0.25, 0.3) is 0 Å². The van der Waals surface area contributed by atoms with Gasteiger partial charge in [-0.3, -0.25) is 0 Å². The molecule has 0 bridgehead atoms. The zero-order valence-corrected chi connectivity index (χ0v) is 17.3. The van der Waals surface area contributed by atoms with Crippen LogP contribution in [0.3, 0.4) is 0 Å². The van der Waals surface area contributed by atoms with Crippen molar-refractivity contribution in [2.45, 2.75) is 26.7 Å². The zero-order valence-electron chi connectivity index (χ0n) is 17.3. The van der Waals surface area contributed by atoms with Crippen molar-refractivity contribution in [2.24, 2.45) is 5.41 Å². The Balaban J connectivity index is 2.52. The van der Waals surface area contributed by atoms with Crippen LogP contribution in [0.4, 0.5) is 0 Å². The van der Waals surface area contributed by atoms with Crippen LogP contribution < -0.4 is 9.47 Å². The molecule has 0 aromatic heterocycles. The third kappa shape index (κ3) is 10.1. The Labute approximate surface area is 168 Å². The minimum absolute atomic E-state index is 0.208. The molecule has 0 aliphatic rings. The van der Waals surface area contributed by atoms with Gasteiger partial charge in [0, 0.05) is 18.6 Å². The first kappa shape index (κ1) is 23.7. The SMILES string of the molecule is CCOC(=O)/C=C/C=C/[C@](C)(CCCOc1ccc(OC)cc1)COCOC. The molecule has 0 amide bonds. The van der Waals surface area contributed by atoms with Crippen molar-refractivity contribution in [2.75, 3.05) is 40.8 Å². The van der Waals surface area contributed by atoms with E-state index in [2.05, 4.69) is 6.92 Å². The van der Waals surface area contributed by atoms with E-state index in [1.165, 1.54) is 6.08 Å². The number of esters is 1. The van der Waals surface area contributed by atoms with Crippen LogP contribution in [-0.4, -0.2) is 46.8 Å². The molecule has 0 saturated carbocycles. The smallest absolute Gasteiger partial charge is 0.330 e. The first-order chi connectivity index (χ1) is 13.5. The number of allylic oxidation sites excluding steroid dienone is 2. The van der Waals surface area contributed by atoms with Crippen LogP contribution in [0.5, 0.6) is 11.5 Å². The van der Waals surface area contributed by atoms with E-state index in [-0.39, 0.29) is 18.2 Å². The van der Waals surface area contributed by atoms with Gasteiger partial charge in [-0.1, -0.05) is 25.2 Å². The highest BCUT2D eigenvalue weighted by Gasteiger charge is 2.21. The van der Waals surface area contributed by atoms with Crippen LogP contribution >= 0.6 is 0 Å². The van der Waals surface area contributed by atoms with Gasteiger partial charge >= 0.3 is 5.97 Å². The van der Waals surface area contributed by atoms with Crippen LogP contribution in [0.25, 0.3) is 0 Å². The van der Waals surface area contributed by atoms with Crippen molar-refractivity contribution in [1.29, 1.82) is 0 Å². The van der Waals surface area contributed by atoms with Crippen molar-refractivity contribution >= 4 is 5.97 Å². The number of hydrogen-bond acceptors (Lipinski definition) is 6. The quantitative estimate of drug-likeness (QED) is 0.156. The molecular weight excluding hydrogens is 360 g/mol. The van der Waals surface area contributed by atoms with E-state index in [1.807, 2.05) is 36.4 Å². The van der Waals surface area contributed by atoms with E-state index >= 15 is 0 Å². The minimum Gasteiger partial charge on any atom is -0.497 e. The minimum atomic E-state index is -0.350. The first-order valence-electron chi connectivity index (χ1n) is 9.39. The van der Waals surface area contributed by atoms with Crippen molar-refractivity contribution in [1.82, 2.24) is 0 Å². The predicted octanol–water partition coefficient (Wildman–Crippen LogP) is 4.16. The van der Waals surface area contributed by atoms with E-state index in [0.29, 0.717) is 19.8 Å². The monoisotopic (exact) mass is 392 g/mol. The first-order valence-corrected chi connectivity index (χ1v) is 9.39. The zero-order chi connectivity index (χ0) is 20.7. The molecule has 0 unspecified atom stereocenters. The van der Waals surface area contributed by atoms with Gasteiger partial charge in [0.2, 0.25) is 0 Å². The summed E-state index contributed by atoms with van der Waals surface area (Å²) in [5.41, 5.74) is -0.208. The Morgan fingerprint density at radius 1 is 1.11 bits per heavy atom. The lowest BCUT2D eigenvalue weighted by Gasteiger charge is -2.25. The van der Waals surface area contributed by atoms with Gasteiger partial charge in [0.15, 0.2) is 0 Å². The summed E-state index contributed by atoms with van der Waals surface area (Å²) >= 11 is 0. The number of hydrogen-bond donors (Lipinski definition) is 0. The fourth-order valence-corrected chi connectivity index (χ4v) is 2.51. The van der Waals surface area contributed by atoms with Gasteiger partial charge in [-0.25, -0.2) is 4.79 Å². The molecule has 28 heavy (non-hydrogen) atoms. The predicted molar refractivity (Wildman–Crippen MR) is 109 cm³/mol. The maximum absolute atomic E-state index is 11.4. The molecule has 6 heteroatoms. The number of benzene rings is 1. The van der Waals surface area contributed by atoms with Crippen molar-refractivity contribution in [3.8, 4) is 11.5 Å². The third-order valence-electron chi connectivity index (χ3n) is 3.98. The molecule has 0 aliphatic carbocycles. The second kappa shape index (κ2) is 13.8. The Morgan fingerprint density at radius 2 is 1.82 bits per heavy atom. The summed E-state index contributed by atoms with van der Waals surface area (Å²) in [4.78, 5) is 11.4. The van der Waals surface area contributed by atoms with Crippen molar-refractivity contribution in [3.63, 3.8) is 0 Å². The Morgan fingerprint density at radius 3 is 2.46 bits per heavy atom. The molecule has 1 aromatic carbocycles. The normalized spacial score (nSPS) is 13.6. The van der Waals surface area contributed by atoms with Gasteiger partial charge in [0.05, 0.1) is 26.9 Å². The molecule has 1 aromatic rings. The summed E-state index contributed by atoms with van der Waals surface area (Å²) in [6, 6.07) is 7.52. The van der Waals surface area contributed by atoms with Crippen LogP contribution in [0, 0.1) is 5.41 Å². The van der Waals surface area contributed by atoms with Gasteiger partial charge < -0.3 is 23.7 Å². The van der Waals surface area contributed by atoms with Crippen LogP contribution in [0.2, 0.25) is 0 Å². The summed E-state index contributed by atoms with van der Waals surface area (Å²) in [6.07, 6.45) is 8.67. The van der Waals surface area contributed by atoms with Gasteiger partial charge in [-0.2, -0.15) is 0 Å². The van der Waals surface area contributed by atoms with E-state index < -0.39 is 0 Å². The summed E-state index contributed by atoms with van der Waals surface area (Å²) in [6.45, 7) is 5.59. The van der Waals surface area contributed by atoms with E-state index in [4.69, 9.17) is 23.7 Å². The Kier molecular flexibility index (Phi) is 11.7. The standard InChI is InChI=1S/C22H32O6/c1-5-27-21(23)9-6-7-14-22(2,17-26-18-24-3)15-8-16-28-20-12-10-19(25-4)11-13-20/h6-7,9-14H,5,8,15-18H2,1-4H3/b9-6+,14-7+/t22-/m1/s1. The molecule has 6 nitrogen and oxygen atoms in total. The average Bonchev–Trinajstić information content (AvgIpc) is 2.70. The molecular formula is C22H32O6. The largest absolute Gasteiger partial charge is 0.497 e. The van der Waals surface area contributed by atoms with E-state index in [1.54, 1.807) is 27.2 Å². The number of methoxy groups -OCH3 is 2. The lowest BCUT2D eigenvalue weighted by atomic mass is 9.86. The second-order valence-corrected chi connectivity index (χ2v) is 6.51. The summed E-state index contributed by atoms with van der Waals surface area (Å²) in [5, 5.41) is 0. The molecule has 0 radical (unpaired) electrons. The van der Waals surface area contributed by atoms with Gasteiger partial charge in [0.1, 0.15) is 18.3 Å². The third-order valence-corrected chi connectivity index (χ3v) is 3.98. The molecule has 0 heterocycles. The summed E-state index contributed by atoms with van der Waals surface area (Å²) in [5.74, 6) is 1.26. The van der Waals surface area contributed by atoms with E-state index in [0.717, 1.165) is 24.3 Å². The summed E-state index contributed by atoms with van der Waals surface area (Å²) in [7, 11) is 3.23. The van der Waals surface area contributed by atoms with Gasteiger partial charge in [-0.15, -0.1) is 0 Å². The second-order valence-electron chi connectivity index (χ2n) is 6.51. The molecule has 1 rings (SSSR count). The molecule has 0 fully saturated rings. The van der Waals surface area contributed by atoms with Crippen LogP contribution in [0.15, 0.2) is 48.6 Å². The molecule has 0 N–H and O–H groups in total. The number of ether oxygens (including phenoxy) is 5. The van der Waals surface area contributed by atoms with Crippen molar-refractivity contribution in [3.05, 3.63) is 48.6 Å². The van der Waals surface area contributed by atoms with Gasteiger partial charge in [-0.05, 0) is 44.0 Å². The lowest BCUT2D eigenvalue weighted by molar-refractivity contribution is -0.137. The van der Waals surface area contributed by atoms with Crippen LogP contribution in [-0.2, 0) is 19.0 Å². The highest BCUT2D eigenvalue weighted by Crippen LogP contribution is 2.26. The fourth-order valence-electron chi connectivity index (χ4n) is 2.51. The molecule has 156 valence electrons. The highest BCUT2D eigenvalue weighted by atomic mass is 16.7. The maximum atomic E-state index is 11.4. The molecule has 1 atom stereocenters. The van der Waals surface area contributed by atoms with E-state index in [9.17, 15) is 4.79 Å². The number of rotatable bonds is 14. The summed E-state index contributed by atoms with van der Waals surface area (Å²) < 4.78 is 26.3. The Hall–Kier alpha value is -2.31.